The number of nitrogens with zero attached hydrogens (tertiary/aromatic N) is 3. The van der Waals surface area contributed by atoms with E-state index >= 15 is 0 Å². The zero-order chi connectivity index (χ0) is 16.3. The molecule has 5 heteroatoms. The van der Waals surface area contributed by atoms with Crippen molar-refractivity contribution < 1.29 is 4.74 Å². The third-order valence-electron chi connectivity index (χ3n) is 3.74. The molecule has 1 aromatic carbocycles. The van der Waals surface area contributed by atoms with Crippen LogP contribution < -0.4 is 15.4 Å². The molecule has 5 nitrogen and oxygen atoms in total. The second kappa shape index (κ2) is 9.87. The van der Waals surface area contributed by atoms with E-state index in [0.29, 0.717) is 0 Å². The number of unbranched alkanes of at least 4 members (excludes halogenated alkanes) is 4. The van der Waals surface area contributed by atoms with E-state index < -0.39 is 0 Å². The minimum absolute atomic E-state index is 0.766. The van der Waals surface area contributed by atoms with E-state index in [0.717, 1.165) is 43.0 Å². The number of hydrogen-bond donors (Lipinski definition) is 1. The summed E-state index contributed by atoms with van der Waals surface area (Å²) in [7, 11) is 0. The van der Waals surface area contributed by atoms with Crippen molar-refractivity contribution >= 4 is 17.6 Å². The summed E-state index contributed by atoms with van der Waals surface area (Å²) in [5, 5.41) is 10.5. The van der Waals surface area contributed by atoms with Gasteiger partial charge in [0.25, 0.3) is 0 Å². The Labute approximate surface area is 139 Å². The summed E-state index contributed by atoms with van der Waals surface area (Å²) >= 11 is 0. The first-order valence-electron chi connectivity index (χ1n) is 8.72. The molecule has 0 bridgehead atoms. The maximum atomic E-state index is 5.67. The fourth-order valence-corrected chi connectivity index (χ4v) is 2.29. The molecule has 0 atom stereocenters. The first-order chi connectivity index (χ1) is 11.3. The van der Waals surface area contributed by atoms with Crippen LogP contribution in [0.15, 0.2) is 34.5 Å². The molecular formula is C18H28N4O. The lowest BCUT2D eigenvalue weighted by molar-refractivity contribution is 0.309. The SMILES string of the molecule is CCCCCCC1=NNN(c2ccc(OCCCC)cc2)N=C1. The van der Waals surface area contributed by atoms with Crippen LogP contribution in [0, 0.1) is 0 Å². The summed E-state index contributed by atoms with van der Waals surface area (Å²) in [4.78, 5) is 0. The van der Waals surface area contributed by atoms with Crippen LogP contribution in [-0.2, 0) is 0 Å². The highest BCUT2D eigenvalue weighted by atomic mass is 16.5. The molecule has 0 aromatic heterocycles. The average molecular weight is 316 g/mol. The van der Waals surface area contributed by atoms with Crippen LogP contribution in [0.2, 0.25) is 0 Å². The largest absolute Gasteiger partial charge is 0.494 e. The third-order valence-corrected chi connectivity index (χ3v) is 3.74. The van der Waals surface area contributed by atoms with Crippen molar-refractivity contribution in [3.8, 4) is 5.75 Å². The first kappa shape index (κ1) is 17.3. The molecule has 0 fully saturated rings. The number of ether oxygens (including phenoxy) is 1. The van der Waals surface area contributed by atoms with Gasteiger partial charge in [0, 0.05) is 0 Å². The summed E-state index contributed by atoms with van der Waals surface area (Å²) in [5.74, 6) is 0.892. The highest BCUT2D eigenvalue weighted by Crippen LogP contribution is 2.19. The number of hydrogen-bond acceptors (Lipinski definition) is 5. The molecule has 1 aromatic rings. The normalized spacial score (nSPS) is 13.7. The number of hydrazone groups is 2. The van der Waals surface area contributed by atoms with Gasteiger partial charge in [-0.2, -0.15) is 20.9 Å². The van der Waals surface area contributed by atoms with Gasteiger partial charge in [0.2, 0.25) is 0 Å². The van der Waals surface area contributed by atoms with E-state index in [1.165, 1.54) is 25.7 Å². The van der Waals surface area contributed by atoms with Crippen molar-refractivity contribution in [1.82, 2.24) is 5.53 Å². The molecule has 1 N–H and O–H groups in total. The van der Waals surface area contributed by atoms with Crippen molar-refractivity contribution in [3.63, 3.8) is 0 Å². The predicted octanol–water partition coefficient (Wildman–Crippen LogP) is 4.50. The van der Waals surface area contributed by atoms with Crippen molar-refractivity contribution in [2.45, 2.75) is 58.8 Å². The number of rotatable bonds is 10. The molecule has 1 heterocycles. The Morgan fingerprint density at radius 1 is 1.00 bits per heavy atom. The monoisotopic (exact) mass is 316 g/mol. The van der Waals surface area contributed by atoms with E-state index in [9.17, 15) is 0 Å². The molecule has 0 radical (unpaired) electrons. The maximum absolute atomic E-state index is 5.67. The predicted molar refractivity (Wildman–Crippen MR) is 97.1 cm³/mol. The lowest BCUT2D eigenvalue weighted by atomic mass is 10.1. The van der Waals surface area contributed by atoms with Gasteiger partial charge in [-0.15, -0.1) is 0 Å². The highest BCUT2D eigenvalue weighted by molar-refractivity contribution is 6.31. The molecule has 0 amide bonds. The van der Waals surface area contributed by atoms with Crippen LogP contribution in [0.3, 0.4) is 0 Å². The van der Waals surface area contributed by atoms with E-state index in [1.807, 2.05) is 30.5 Å². The zero-order valence-corrected chi connectivity index (χ0v) is 14.3. The quantitative estimate of drug-likeness (QED) is 0.646. The number of nitrogens with one attached hydrogen (secondary N) is 1. The van der Waals surface area contributed by atoms with Crippen molar-refractivity contribution in [2.75, 3.05) is 11.7 Å². The van der Waals surface area contributed by atoms with Gasteiger partial charge in [-0.25, -0.2) is 0 Å². The van der Waals surface area contributed by atoms with Gasteiger partial charge in [0.1, 0.15) is 5.75 Å². The topological polar surface area (TPSA) is 49.2 Å². The van der Waals surface area contributed by atoms with E-state index in [2.05, 4.69) is 29.6 Å². The van der Waals surface area contributed by atoms with Gasteiger partial charge in [-0.3, -0.25) is 0 Å². The van der Waals surface area contributed by atoms with Gasteiger partial charge >= 0.3 is 0 Å². The number of benzene rings is 1. The standard InChI is InChI=1S/C18H28N4O/c1-3-5-7-8-9-16-15-19-22(21-20-16)17-10-12-18(13-11-17)23-14-6-4-2/h10-13,15,21H,3-9,14H2,1-2H3. The summed E-state index contributed by atoms with van der Waals surface area (Å²) in [6.07, 6.45) is 10.0. The van der Waals surface area contributed by atoms with Crippen molar-refractivity contribution in [1.29, 1.82) is 0 Å². The Hall–Kier alpha value is -2.04. The Balaban J connectivity index is 1.78. The number of anilines is 1. The number of hydrazine groups is 1. The van der Waals surface area contributed by atoms with Gasteiger partial charge < -0.3 is 4.74 Å². The Morgan fingerprint density at radius 2 is 1.78 bits per heavy atom. The molecule has 23 heavy (non-hydrogen) atoms. The molecule has 0 saturated carbocycles. The summed E-state index contributed by atoms with van der Waals surface area (Å²) in [6.45, 7) is 5.14. The molecule has 0 spiro atoms. The molecular weight excluding hydrogens is 288 g/mol. The van der Waals surface area contributed by atoms with Crippen molar-refractivity contribution in [2.24, 2.45) is 10.2 Å². The molecule has 0 unspecified atom stereocenters. The molecule has 126 valence electrons. The fourth-order valence-electron chi connectivity index (χ4n) is 2.29. The van der Waals surface area contributed by atoms with E-state index in [4.69, 9.17) is 4.74 Å². The lowest BCUT2D eigenvalue weighted by Gasteiger charge is -2.21. The molecule has 0 saturated heterocycles. The van der Waals surface area contributed by atoms with Gasteiger partial charge in [0.15, 0.2) is 0 Å². The first-order valence-corrected chi connectivity index (χ1v) is 8.72. The Bertz CT molecular complexity index is 510. The van der Waals surface area contributed by atoms with Crippen LogP contribution in [0.25, 0.3) is 0 Å². The minimum Gasteiger partial charge on any atom is -0.494 e. The van der Waals surface area contributed by atoms with Crippen LogP contribution >= 0.6 is 0 Å². The average Bonchev–Trinajstić information content (AvgIpc) is 2.60. The van der Waals surface area contributed by atoms with E-state index in [-0.39, 0.29) is 0 Å². The van der Waals surface area contributed by atoms with Gasteiger partial charge in [-0.1, -0.05) is 39.5 Å². The zero-order valence-electron chi connectivity index (χ0n) is 14.3. The smallest absolute Gasteiger partial charge is 0.119 e. The van der Waals surface area contributed by atoms with E-state index in [1.54, 1.807) is 5.12 Å². The van der Waals surface area contributed by atoms with Crippen LogP contribution in [0.1, 0.15) is 58.8 Å². The van der Waals surface area contributed by atoms with Crippen LogP contribution in [-0.4, -0.2) is 18.5 Å². The third kappa shape index (κ3) is 5.93. The molecule has 0 aliphatic carbocycles. The minimum atomic E-state index is 0.766. The fraction of sp³-hybridized carbons (Fsp3) is 0.556. The molecule has 1 aliphatic heterocycles. The summed E-state index contributed by atoms with van der Waals surface area (Å²) in [5.41, 5.74) is 4.93. The van der Waals surface area contributed by atoms with Crippen LogP contribution in [0.4, 0.5) is 5.69 Å². The summed E-state index contributed by atoms with van der Waals surface area (Å²) in [6, 6.07) is 7.89. The Morgan fingerprint density at radius 3 is 2.43 bits per heavy atom. The summed E-state index contributed by atoms with van der Waals surface area (Å²) < 4.78 is 5.67. The lowest BCUT2D eigenvalue weighted by Crippen LogP contribution is -2.34. The van der Waals surface area contributed by atoms with Gasteiger partial charge in [-0.05, 0) is 43.5 Å². The molecule has 2 rings (SSSR count). The highest BCUT2D eigenvalue weighted by Gasteiger charge is 2.09. The second-order valence-corrected chi connectivity index (χ2v) is 5.77. The second-order valence-electron chi connectivity index (χ2n) is 5.77. The molecule has 1 aliphatic rings. The van der Waals surface area contributed by atoms with Gasteiger partial charge in [0.05, 0.1) is 24.2 Å². The Kier molecular flexibility index (Phi) is 7.43. The van der Waals surface area contributed by atoms with Crippen molar-refractivity contribution in [3.05, 3.63) is 24.3 Å². The maximum Gasteiger partial charge on any atom is 0.119 e. The van der Waals surface area contributed by atoms with Crippen LogP contribution in [0.5, 0.6) is 5.75 Å².